The van der Waals surface area contributed by atoms with Crippen LogP contribution in [-0.2, 0) is 4.74 Å². The van der Waals surface area contributed by atoms with Crippen LogP contribution in [0.1, 0.15) is 23.2 Å². The van der Waals surface area contributed by atoms with Gasteiger partial charge in [-0.05, 0) is 25.0 Å². The molecule has 86 valence electrons. The number of pyridine rings is 1. The Balaban J connectivity index is 1.90. The summed E-state index contributed by atoms with van der Waals surface area (Å²) in [6, 6.07) is 2.94. The number of ether oxygens (including phenoxy) is 1. The third-order valence-corrected chi connectivity index (χ3v) is 2.52. The quantitative estimate of drug-likeness (QED) is 0.783. The minimum atomic E-state index is -0.743. The molecule has 1 atom stereocenters. The van der Waals surface area contributed by atoms with Crippen molar-refractivity contribution in [3.05, 3.63) is 29.8 Å². The van der Waals surface area contributed by atoms with Gasteiger partial charge >= 0.3 is 0 Å². The summed E-state index contributed by atoms with van der Waals surface area (Å²) in [5, 5.41) is 2.64. The van der Waals surface area contributed by atoms with E-state index in [1.165, 1.54) is 18.3 Å². The van der Waals surface area contributed by atoms with Crippen LogP contribution in [0.2, 0.25) is 0 Å². The summed E-state index contributed by atoms with van der Waals surface area (Å²) in [4.78, 5) is 15.0. The normalized spacial score (nSPS) is 19.7. The van der Waals surface area contributed by atoms with Gasteiger partial charge in [0.15, 0.2) is 0 Å². The minimum absolute atomic E-state index is 0.0273. The first-order valence-corrected chi connectivity index (χ1v) is 5.27. The highest BCUT2D eigenvalue weighted by Gasteiger charge is 2.18. The van der Waals surface area contributed by atoms with Gasteiger partial charge in [0, 0.05) is 19.3 Å². The van der Waals surface area contributed by atoms with E-state index in [1.54, 1.807) is 0 Å². The molecule has 0 aliphatic carbocycles. The molecule has 0 radical (unpaired) electrons. The Hall–Kier alpha value is -1.49. The van der Waals surface area contributed by atoms with Crippen molar-refractivity contribution in [1.82, 2.24) is 10.3 Å². The molecule has 2 heterocycles. The lowest BCUT2D eigenvalue weighted by Crippen LogP contribution is -2.32. The minimum Gasteiger partial charge on any atom is -0.376 e. The molecule has 1 unspecified atom stereocenters. The first kappa shape index (κ1) is 11.0. The first-order chi connectivity index (χ1) is 7.77. The maximum absolute atomic E-state index is 13.1. The Morgan fingerprint density at radius 1 is 1.69 bits per heavy atom. The van der Waals surface area contributed by atoms with E-state index in [4.69, 9.17) is 4.74 Å². The summed E-state index contributed by atoms with van der Waals surface area (Å²) >= 11 is 0. The summed E-state index contributed by atoms with van der Waals surface area (Å²) in [6.45, 7) is 1.16. The van der Waals surface area contributed by atoms with Gasteiger partial charge in [-0.25, -0.2) is 4.98 Å². The highest BCUT2D eigenvalue weighted by atomic mass is 19.1. The summed E-state index contributed by atoms with van der Waals surface area (Å²) in [5.41, 5.74) is -0.0273. The largest absolute Gasteiger partial charge is 0.376 e. The topological polar surface area (TPSA) is 51.2 Å². The highest BCUT2D eigenvalue weighted by molar-refractivity contribution is 5.94. The molecular weight excluding hydrogens is 211 g/mol. The second kappa shape index (κ2) is 5.03. The summed E-state index contributed by atoms with van der Waals surface area (Å²) in [7, 11) is 0. The van der Waals surface area contributed by atoms with E-state index in [9.17, 15) is 9.18 Å². The Kier molecular flexibility index (Phi) is 3.46. The van der Waals surface area contributed by atoms with Crippen LogP contribution in [0, 0.1) is 5.95 Å². The molecule has 1 aromatic rings. The van der Waals surface area contributed by atoms with Crippen LogP contribution in [0.25, 0.3) is 0 Å². The van der Waals surface area contributed by atoms with E-state index >= 15 is 0 Å². The van der Waals surface area contributed by atoms with Crippen molar-refractivity contribution >= 4 is 5.91 Å². The average Bonchev–Trinajstić information content (AvgIpc) is 2.79. The van der Waals surface area contributed by atoms with Gasteiger partial charge in [0.2, 0.25) is 5.95 Å². The van der Waals surface area contributed by atoms with Gasteiger partial charge in [0.1, 0.15) is 0 Å². The Morgan fingerprint density at radius 2 is 2.56 bits per heavy atom. The number of rotatable bonds is 3. The van der Waals surface area contributed by atoms with E-state index in [-0.39, 0.29) is 11.7 Å². The molecule has 5 heteroatoms. The number of amides is 1. The van der Waals surface area contributed by atoms with Crippen LogP contribution in [-0.4, -0.2) is 30.1 Å². The van der Waals surface area contributed by atoms with Crippen molar-refractivity contribution in [2.75, 3.05) is 13.2 Å². The van der Waals surface area contributed by atoms with Crippen molar-refractivity contribution in [2.45, 2.75) is 18.9 Å². The van der Waals surface area contributed by atoms with E-state index < -0.39 is 11.9 Å². The van der Waals surface area contributed by atoms with Gasteiger partial charge in [0.25, 0.3) is 5.91 Å². The zero-order chi connectivity index (χ0) is 11.4. The molecular formula is C11H13FN2O2. The number of hydrogen-bond donors (Lipinski definition) is 1. The smallest absolute Gasteiger partial charge is 0.256 e. The Bertz CT molecular complexity index is 378. The van der Waals surface area contributed by atoms with Gasteiger partial charge < -0.3 is 10.1 Å². The monoisotopic (exact) mass is 224 g/mol. The van der Waals surface area contributed by atoms with Crippen LogP contribution in [0.5, 0.6) is 0 Å². The highest BCUT2D eigenvalue weighted by Crippen LogP contribution is 2.11. The van der Waals surface area contributed by atoms with Gasteiger partial charge in [-0.3, -0.25) is 4.79 Å². The number of nitrogens with one attached hydrogen (secondary N) is 1. The van der Waals surface area contributed by atoms with Crippen LogP contribution < -0.4 is 5.32 Å². The third kappa shape index (κ3) is 2.55. The lowest BCUT2D eigenvalue weighted by molar-refractivity contribution is 0.0853. The predicted octanol–water partition coefficient (Wildman–Crippen LogP) is 1.13. The molecule has 2 rings (SSSR count). The summed E-state index contributed by atoms with van der Waals surface area (Å²) < 4.78 is 18.5. The maximum atomic E-state index is 13.1. The lowest BCUT2D eigenvalue weighted by Gasteiger charge is -2.10. The predicted molar refractivity (Wildman–Crippen MR) is 55.5 cm³/mol. The van der Waals surface area contributed by atoms with E-state index in [1.807, 2.05) is 0 Å². The molecule has 1 aliphatic rings. The molecule has 0 aromatic carbocycles. The molecule has 1 aromatic heterocycles. The van der Waals surface area contributed by atoms with Gasteiger partial charge in [0.05, 0.1) is 11.7 Å². The fourth-order valence-electron chi connectivity index (χ4n) is 1.66. The molecule has 0 spiro atoms. The van der Waals surface area contributed by atoms with Crippen molar-refractivity contribution in [2.24, 2.45) is 0 Å². The molecule has 1 amide bonds. The molecule has 0 saturated carbocycles. The average molecular weight is 224 g/mol. The third-order valence-electron chi connectivity index (χ3n) is 2.52. The van der Waals surface area contributed by atoms with E-state index in [2.05, 4.69) is 10.3 Å². The molecule has 1 fully saturated rings. The number of aromatic nitrogens is 1. The summed E-state index contributed by atoms with van der Waals surface area (Å²) in [5.74, 6) is -1.19. The molecule has 1 aliphatic heterocycles. The lowest BCUT2D eigenvalue weighted by atomic mass is 10.2. The fraction of sp³-hybridized carbons (Fsp3) is 0.455. The fourth-order valence-corrected chi connectivity index (χ4v) is 1.66. The zero-order valence-electron chi connectivity index (χ0n) is 8.78. The van der Waals surface area contributed by atoms with Crippen LogP contribution >= 0.6 is 0 Å². The van der Waals surface area contributed by atoms with Gasteiger partial charge in [-0.1, -0.05) is 0 Å². The molecule has 0 bridgehead atoms. The van der Waals surface area contributed by atoms with E-state index in [0.29, 0.717) is 6.54 Å². The zero-order valence-corrected chi connectivity index (χ0v) is 8.78. The molecule has 4 nitrogen and oxygen atoms in total. The number of carbonyl (C=O) groups excluding carboxylic acids is 1. The van der Waals surface area contributed by atoms with Crippen molar-refractivity contribution in [3.8, 4) is 0 Å². The number of halogens is 1. The maximum Gasteiger partial charge on any atom is 0.256 e. The SMILES string of the molecule is O=C(NCC1CCCO1)c1cccnc1F. The van der Waals surface area contributed by atoms with Crippen molar-refractivity contribution in [1.29, 1.82) is 0 Å². The van der Waals surface area contributed by atoms with Crippen LogP contribution in [0.3, 0.4) is 0 Å². The first-order valence-electron chi connectivity index (χ1n) is 5.27. The standard InChI is InChI=1S/C11H13FN2O2/c12-10-9(4-1-5-13-10)11(15)14-7-8-3-2-6-16-8/h1,4-5,8H,2-3,6-7H2,(H,14,15). The number of nitrogens with zero attached hydrogens (tertiary/aromatic N) is 1. The molecule has 1 saturated heterocycles. The number of carbonyl (C=O) groups is 1. The second-order valence-corrected chi connectivity index (χ2v) is 3.69. The Morgan fingerprint density at radius 3 is 3.25 bits per heavy atom. The van der Waals surface area contributed by atoms with E-state index in [0.717, 1.165) is 19.4 Å². The van der Waals surface area contributed by atoms with Gasteiger partial charge in [-0.15, -0.1) is 0 Å². The summed E-state index contributed by atoms with van der Waals surface area (Å²) in [6.07, 6.45) is 3.33. The van der Waals surface area contributed by atoms with Gasteiger partial charge in [-0.2, -0.15) is 4.39 Å². The molecule has 16 heavy (non-hydrogen) atoms. The van der Waals surface area contributed by atoms with Crippen molar-refractivity contribution in [3.63, 3.8) is 0 Å². The number of hydrogen-bond acceptors (Lipinski definition) is 3. The van der Waals surface area contributed by atoms with Crippen molar-refractivity contribution < 1.29 is 13.9 Å². The van der Waals surface area contributed by atoms with Crippen LogP contribution in [0.4, 0.5) is 4.39 Å². The Labute approximate surface area is 92.8 Å². The second-order valence-electron chi connectivity index (χ2n) is 3.69. The van der Waals surface area contributed by atoms with Crippen LogP contribution in [0.15, 0.2) is 18.3 Å². The molecule has 1 N–H and O–H groups in total.